The third-order valence-corrected chi connectivity index (χ3v) is 3.23. The van der Waals surface area contributed by atoms with Crippen LogP contribution in [0.25, 0.3) is 0 Å². The monoisotopic (exact) mass is 159 g/mol. The predicted octanol–water partition coefficient (Wildman–Crippen LogP) is -0.0835. The summed E-state index contributed by atoms with van der Waals surface area (Å²) in [4.78, 5) is 12.9. The fourth-order valence-electron chi connectivity index (χ4n) is 1.40. The number of carbonyl (C=O) groups excluding carboxylic acids is 1. The van der Waals surface area contributed by atoms with Crippen molar-refractivity contribution in [3.63, 3.8) is 0 Å². The van der Waals surface area contributed by atoms with Gasteiger partial charge in [0.2, 0.25) is 0 Å². The average molecular weight is 159 g/mol. The average Bonchev–Trinajstić information content (AvgIpc) is 2.33. The molecule has 3 nitrogen and oxygen atoms in total. The van der Waals surface area contributed by atoms with Gasteiger partial charge >= 0.3 is 0 Å². The first kappa shape index (κ1) is 6.49. The Morgan fingerprint density at radius 2 is 2.60 bits per heavy atom. The molecule has 2 aliphatic heterocycles. The van der Waals surface area contributed by atoms with E-state index in [4.69, 9.17) is 4.74 Å². The number of thioether (sulfide) groups is 1. The number of carbonyl (C=O) groups is 1. The lowest BCUT2D eigenvalue weighted by atomic mass is 10.1. The number of nitrogens with zero attached hydrogens (tertiary/aromatic N) is 1. The number of amides is 1. The summed E-state index contributed by atoms with van der Waals surface area (Å²) in [6, 6.07) is 0. The third kappa shape index (κ3) is 0.632. The van der Waals surface area contributed by atoms with Gasteiger partial charge in [-0.25, -0.2) is 0 Å². The molecular weight excluding hydrogens is 150 g/mol. The van der Waals surface area contributed by atoms with Crippen molar-refractivity contribution in [3.05, 3.63) is 0 Å². The number of methoxy groups -OCH3 is 1. The zero-order valence-electron chi connectivity index (χ0n) is 5.74. The zero-order valence-corrected chi connectivity index (χ0v) is 6.56. The van der Waals surface area contributed by atoms with Gasteiger partial charge in [0.05, 0.1) is 0 Å². The Morgan fingerprint density at radius 1 is 1.80 bits per heavy atom. The Labute approximate surface area is 63.7 Å². The second-order valence-electron chi connectivity index (χ2n) is 2.45. The van der Waals surface area contributed by atoms with E-state index in [1.165, 1.54) is 0 Å². The van der Waals surface area contributed by atoms with Gasteiger partial charge in [0.1, 0.15) is 5.37 Å². The minimum atomic E-state index is -0.146. The fourth-order valence-corrected chi connectivity index (χ4v) is 2.73. The van der Waals surface area contributed by atoms with Crippen LogP contribution in [0, 0.1) is 0 Å². The summed E-state index contributed by atoms with van der Waals surface area (Å²) in [5.41, 5.74) is 0. The molecule has 4 heteroatoms. The molecule has 0 bridgehead atoms. The van der Waals surface area contributed by atoms with Crippen molar-refractivity contribution in [1.82, 2.24) is 4.90 Å². The Morgan fingerprint density at radius 3 is 3.30 bits per heavy atom. The molecule has 0 spiro atoms. The van der Waals surface area contributed by atoms with E-state index in [2.05, 4.69) is 0 Å². The molecule has 0 aromatic heterocycles. The zero-order chi connectivity index (χ0) is 7.14. The standard InChI is InChI=1S/C6H9NO2S/c1-9-4-5(8)7-2-3-10-6(4)7/h4,6H,2-3H2,1H3. The molecule has 0 radical (unpaired) electrons. The fraction of sp³-hybridized carbons (Fsp3) is 0.833. The first-order valence-electron chi connectivity index (χ1n) is 3.29. The largest absolute Gasteiger partial charge is 0.368 e. The maximum Gasteiger partial charge on any atom is 0.255 e. The molecule has 2 fully saturated rings. The summed E-state index contributed by atoms with van der Waals surface area (Å²) in [5.74, 6) is 1.23. The highest BCUT2D eigenvalue weighted by atomic mass is 32.2. The van der Waals surface area contributed by atoms with Crippen LogP contribution in [0.15, 0.2) is 0 Å². The van der Waals surface area contributed by atoms with E-state index in [0.717, 1.165) is 12.3 Å². The van der Waals surface area contributed by atoms with Crippen LogP contribution in [0.4, 0.5) is 0 Å². The lowest BCUT2D eigenvalue weighted by Gasteiger charge is -2.40. The van der Waals surface area contributed by atoms with Crippen molar-refractivity contribution in [1.29, 1.82) is 0 Å². The van der Waals surface area contributed by atoms with Crippen molar-refractivity contribution < 1.29 is 9.53 Å². The van der Waals surface area contributed by atoms with Gasteiger partial charge in [-0.05, 0) is 0 Å². The van der Waals surface area contributed by atoms with E-state index in [0.29, 0.717) is 5.37 Å². The molecule has 1 amide bonds. The summed E-state index contributed by atoms with van der Waals surface area (Å²) < 4.78 is 5.00. The summed E-state index contributed by atoms with van der Waals surface area (Å²) >= 11 is 1.81. The van der Waals surface area contributed by atoms with Crippen LogP contribution in [0.3, 0.4) is 0 Å². The molecule has 0 aromatic rings. The van der Waals surface area contributed by atoms with Crippen LogP contribution in [0.5, 0.6) is 0 Å². The van der Waals surface area contributed by atoms with Crippen molar-refractivity contribution in [2.45, 2.75) is 11.5 Å². The smallest absolute Gasteiger partial charge is 0.255 e. The Balaban J connectivity index is 2.08. The Hall–Kier alpha value is -0.220. The van der Waals surface area contributed by atoms with E-state index in [9.17, 15) is 4.79 Å². The molecule has 56 valence electrons. The van der Waals surface area contributed by atoms with E-state index in [1.807, 2.05) is 16.7 Å². The number of β-lactam (4-membered cyclic amide) rings is 1. The maximum atomic E-state index is 11.1. The number of hydrogen-bond donors (Lipinski definition) is 0. The first-order chi connectivity index (χ1) is 4.84. The molecular formula is C6H9NO2S. The molecule has 0 N–H and O–H groups in total. The highest BCUT2D eigenvalue weighted by molar-refractivity contribution is 8.00. The van der Waals surface area contributed by atoms with Crippen LogP contribution in [-0.2, 0) is 9.53 Å². The predicted molar refractivity (Wildman–Crippen MR) is 38.8 cm³/mol. The molecule has 0 aliphatic carbocycles. The van der Waals surface area contributed by atoms with Gasteiger partial charge in [-0.3, -0.25) is 4.79 Å². The molecule has 2 aliphatic rings. The van der Waals surface area contributed by atoms with Crippen LogP contribution >= 0.6 is 11.8 Å². The number of rotatable bonds is 1. The van der Waals surface area contributed by atoms with E-state index < -0.39 is 0 Å². The van der Waals surface area contributed by atoms with Crippen LogP contribution in [0.2, 0.25) is 0 Å². The van der Waals surface area contributed by atoms with E-state index >= 15 is 0 Å². The molecule has 2 saturated heterocycles. The van der Waals surface area contributed by atoms with Crippen molar-refractivity contribution >= 4 is 17.7 Å². The molecule has 0 saturated carbocycles. The van der Waals surface area contributed by atoms with Crippen LogP contribution in [0.1, 0.15) is 0 Å². The second kappa shape index (κ2) is 2.13. The molecule has 2 rings (SSSR count). The number of hydrogen-bond acceptors (Lipinski definition) is 3. The van der Waals surface area contributed by atoms with Crippen LogP contribution < -0.4 is 0 Å². The van der Waals surface area contributed by atoms with Gasteiger partial charge in [-0.2, -0.15) is 0 Å². The van der Waals surface area contributed by atoms with Gasteiger partial charge in [-0.15, -0.1) is 11.8 Å². The highest BCUT2D eigenvalue weighted by Gasteiger charge is 2.50. The maximum absolute atomic E-state index is 11.1. The molecule has 2 unspecified atom stereocenters. The summed E-state index contributed by atoms with van der Waals surface area (Å²) in [6.07, 6.45) is -0.146. The topological polar surface area (TPSA) is 29.5 Å². The van der Waals surface area contributed by atoms with Crippen LogP contribution in [-0.4, -0.2) is 41.7 Å². The molecule has 2 atom stereocenters. The third-order valence-electron chi connectivity index (χ3n) is 1.97. The first-order valence-corrected chi connectivity index (χ1v) is 4.34. The summed E-state index contributed by atoms with van der Waals surface area (Å²) in [5, 5.41) is 0.331. The quantitative estimate of drug-likeness (QED) is 0.501. The van der Waals surface area contributed by atoms with Gasteiger partial charge < -0.3 is 9.64 Å². The van der Waals surface area contributed by atoms with E-state index in [-0.39, 0.29) is 12.0 Å². The van der Waals surface area contributed by atoms with Gasteiger partial charge in [-0.1, -0.05) is 0 Å². The Kier molecular flexibility index (Phi) is 1.38. The second-order valence-corrected chi connectivity index (χ2v) is 3.67. The number of fused-ring (bicyclic) bond motifs is 1. The van der Waals surface area contributed by atoms with Gasteiger partial charge in [0, 0.05) is 19.4 Å². The summed E-state index contributed by atoms with van der Waals surface area (Å²) in [6.45, 7) is 0.911. The Bertz CT molecular complexity index is 173. The lowest BCUT2D eigenvalue weighted by molar-refractivity contribution is -0.160. The highest BCUT2D eigenvalue weighted by Crippen LogP contribution is 2.36. The minimum Gasteiger partial charge on any atom is -0.368 e. The number of ether oxygens (including phenoxy) is 1. The lowest BCUT2D eigenvalue weighted by Crippen LogP contribution is -2.61. The van der Waals surface area contributed by atoms with Crippen molar-refractivity contribution in [3.8, 4) is 0 Å². The van der Waals surface area contributed by atoms with Crippen molar-refractivity contribution in [2.75, 3.05) is 19.4 Å². The minimum absolute atomic E-state index is 0.146. The van der Waals surface area contributed by atoms with Gasteiger partial charge in [0.15, 0.2) is 6.10 Å². The normalized spacial score (nSPS) is 37.7. The SMILES string of the molecule is COC1C(=O)N2CCSC12. The van der Waals surface area contributed by atoms with E-state index in [1.54, 1.807) is 7.11 Å². The van der Waals surface area contributed by atoms with Gasteiger partial charge in [0.25, 0.3) is 5.91 Å². The molecule has 2 heterocycles. The molecule has 0 aromatic carbocycles. The molecule has 10 heavy (non-hydrogen) atoms. The van der Waals surface area contributed by atoms with Crippen molar-refractivity contribution in [2.24, 2.45) is 0 Å². The summed E-state index contributed by atoms with van der Waals surface area (Å²) in [7, 11) is 1.60.